The topological polar surface area (TPSA) is 123 Å². The lowest BCUT2D eigenvalue weighted by atomic mass is 10.1. The van der Waals surface area contributed by atoms with Crippen molar-refractivity contribution in [3.63, 3.8) is 0 Å². The fourth-order valence-electron chi connectivity index (χ4n) is 2.50. The van der Waals surface area contributed by atoms with E-state index in [1.807, 2.05) is 0 Å². The second-order valence-electron chi connectivity index (χ2n) is 5.02. The van der Waals surface area contributed by atoms with Gasteiger partial charge in [0.15, 0.2) is 0 Å². The first kappa shape index (κ1) is 15.8. The van der Waals surface area contributed by atoms with Gasteiger partial charge in [0.25, 0.3) is 23.3 Å². The van der Waals surface area contributed by atoms with Gasteiger partial charge < -0.3 is 11.1 Å². The number of anilines is 1. The van der Waals surface area contributed by atoms with E-state index in [1.165, 1.54) is 25.2 Å². The van der Waals surface area contributed by atoms with Crippen LogP contribution in [0.1, 0.15) is 31.1 Å². The summed E-state index contributed by atoms with van der Waals surface area (Å²) in [6.45, 7) is 0. The fourth-order valence-corrected chi connectivity index (χ4v) is 2.70. The number of hydrogen-bond acceptors (Lipinski definition) is 5. The third kappa shape index (κ3) is 2.24. The average molecular weight is 347 g/mol. The van der Waals surface area contributed by atoms with Gasteiger partial charge in [-0.15, -0.1) is 0 Å². The Bertz CT molecular complexity index is 980. The van der Waals surface area contributed by atoms with Gasteiger partial charge in [-0.25, -0.2) is 0 Å². The van der Waals surface area contributed by atoms with Crippen LogP contribution in [0.5, 0.6) is 0 Å². The first-order valence-corrected chi connectivity index (χ1v) is 7.16. The maximum absolute atomic E-state index is 12.4. The molecule has 1 aromatic carbocycles. The van der Waals surface area contributed by atoms with Crippen LogP contribution >= 0.6 is 11.6 Å². The molecule has 8 nitrogen and oxygen atoms in total. The molecule has 122 valence electrons. The number of fused-ring (bicyclic) bond motifs is 1. The van der Waals surface area contributed by atoms with Gasteiger partial charge in [0, 0.05) is 18.7 Å². The van der Waals surface area contributed by atoms with Crippen molar-refractivity contribution in [3.05, 3.63) is 56.3 Å². The molecule has 3 rings (SSSR count). The Morgan fingerprint density at radius 1 is 1.21 bits per heavy atom. The van der Waals surface area contributed by atoms with E-state index in [0.717, 1.165) is 10.6 Å². The number of aromatic nitrogens is 1. The summed E-state index contributed by atoms with van der Waals surface area (Å²) >= 11 is 6.12. The summed E-state index contributed by atoms with van der Waals surface area (Å²) in [5, 5.41) is 4.68. The number of carbonyl (C=O) groups is 3. The van der Waals surface area contributed by atoms with Crippen LogP contribution < -0.4 is 21.9 Å². The molecule has 0 aliphatic carbocycles. The molecule has 1 aliphatic rings. The number of carbonyl (C=O) groups excluding carboxylic acids is 3. The summed E-state index contributed by atoms with van der Waals surface area (Å²) in [5.41, 5.74) is 5.50. The van der Waals surface area contributed by atoms with E-state index in [-0.39, 0.29) is 39.1 Å². The molecule has 0 bridgehead atoms. The van der Waals surface area contributed by atoms with Crippen molar-refractivity contribution in [2.45, 2.75) is 0 Å². The van der Waals surface area contributed by atoms with Gasteiger partial charge in [0.2, 0.25) is 0 Å². The Kier molecular flexibility index (Phi) is 3.61. The van der Waals surface area contributed by atoms with Crippen LogP contribution in [-0.2, 0) is 0 Å². The molecule has 3 amide bonds. The summed E-state index contributed by atoms with van der Waals surface area (Å²) in [7, 11) is 1.46. The second kappa shape index (κ2) is 5.50. The lowest BCUT2D eigenvalue weighted by Crippen LogP contribution is -2.25. The van der Waals surface area contributed by atoms with Crippen LogP contribution in [0.3, 0.4) is 0 Å². The highest BCUT2D eigenvalue weighted by Gasteiger charge is 2.32. The number of nitrogens with two attached hydrogens (primary N) is 1. The van der Waals surface area contributed by atoms with E-state index in [2.05, 4.69) is 10.6 Å². The van der Waals surface area contributed by atoms with Crippen molar-refractivity contribution in [2.24, 2.45) is 0 Å². The van der Waals surface area contributed by atoms with Gasteiger partial charge in [-0.1, -0.05) is 11.6 Å². The number of pyridine rings is 1. The Labute approximate surface area is 140 Å². The van der Waals surface area contributed by atoms with E-state index in [1.54, 1.807) is 0 Å². The summed E-state index contributed by atoms with van der Waals surface area (Å²) < 4.78 is 0.992. The predicted octanol–water partition coefficient (Wildman–Crippen LogP) is 0.316. The van der Waals surface area contributed by atoms with Gasteiger partial charge in [0.05, 0.1) is 21.8 Å². The van der Waals surface area contributed by atoms with E-state index in [9.17, 15) is 19.2 Å². The van der Waals surface area contributed by atoms with E-state index in [4.69, 9.17) is 17.3 Å². The Balaban J connectivity index is 2.31. The second-order valence-corrected chi connectivity index (χ2v) is 5.43. The Hall–Kier alpha value is -3.13. The first-order valence-electron chi connectivity index (χ1n) is 6.78. The number of rotatable bonds is 2. The van der Waals surface area contributed by atoms with Gasteiger partial charge in [-0.3, -0.25) is 29.1 Å². The molecule has 0 spiro atoms. The fraction of sp³-hybridized carbons (Fsp3) is 0.0667. The molecule has 2 heterocycles. The minimum absolute atomic E-state index is 0.0858. The van der Waals surface area contributed by atoms with Gasteiger partial charge >= 0.3 is 0 Å². The highest BCUT2D eigenvalue weighted by Crippen LogP contribution is 2.27. The Morgan fingerprint density at radius 2 is 1.92 bits per heavy atom. The highest BCUT2D eigenvalue weighted by molar-refractivity contribution is 6.32. The third-order valence-electron chi connectivity index (χ3n) is 3.63. The summed E-state index contributed by atoms with van der Waals surface area (Å²) in [6.07, 6.45) is 0. The summed E-state index contributed by atoms with van der Waals surface area (Å²) in [4.78, 5) is 47.7. The molecular weight excluding hydrogens is 336 g/mol. The standard InChI is InChI=1S/C15H11ClN4O4/c1-18-13(22)6-2-3-8(16)9(4-6)20-10(21)5-7-11(12(20)17)15(24)19-14(7)23/h2-5H,17H2,1H3,(H,18,22)(H,19,23,24). The van der Waals surface area contributed by atoms with Crippen LogP contribution in [-0.4, -0.2) is 29.3 Å². The number of halogens is 1. The quantitative estimate of drug-likeness (QED) is 0.675. The van der Waals surface area contributed by atoms with Crippen LogP contribution in [0.15, 0.2) is 29.1 Å². The van der Waals surface area contributed by atoms with E-state index >= 15 is 0 Å². The van der Waals surface area contributed by atoms with Crippen LogP contribution in [0.4, 0.5) is 5.82 Å². The number of nitrogens with one attached hydrogen (secondary N) is 2. The lowest BCUT2D eigenvalue weighted by Gasteiger charge is -2.14. The summed E-state index contributed by atoms with van der Waals surface area (Å²) in [6, 6.07) is 5.30. The van der Waals surface area contributed by atoms with E-state index in [0.29, 0.717) is 0 Å². The molecule has 1 aromatic heterocycles. The van der Waals surface area contributed by atoms with Gasteiger partial charge in [-0.05, 0) is 18.2 Å². The molecule has 1 aliphatic heterocycles. The molecule has 24 heavy (non-hydrogen) atoms. The SMILES string of the molecule is CNC(=O)c1ccc(Cl)c(-n2c(N)c3c(cc2=O)C(=O)NC3=O)c1. The van der Waals surface area contributed by atoms with Crippen LogP contribution in [0, 0.1) is 0 Å². The number of nitrogen functional groups attached to an aromatic ring is 1. The highest BCUT2D eigenvalue weighted by atomic mass is 35.5. The molecule has 0 unspecified atom stereocenters. The normalized spacial score (nSPS) is 12.8. The molecule has 2 aromatic rings. The van der Waals surface area contributed by atoms with Crippen molar-refractivity contribution in [1.82, 2.24) is 15.2 Å². The van der Waals surface area contributed by atoms with Crippen molar-refractivity contribution >= 4 is 35.1 Å². The Morgan fingerprint density at radius 3 is 2.58 bits per heavy atom. The number of imide groups is 1. The number of hydrogen-bond donors (Lipinski definition) is 3. The zero-order valence-corrected chi connectivity index (χ0v) is 13.1. The van der Waals surface area contributed by atoms with Gasteiger partial charge in [0.1, 0.15) is 5.82 Å². The molecule has 9 heteroatoms. The average Bonchev–Trinajstić information content (AvgIpc) is 2.82. The molecule has 0 radical (unpaired) electrons. The molecule has 0 saturated heterocycles. The number of benzene rings is 1. The molecular formula is C15H11ClN4O4. The molecule has 0 saturated carbocycles. The van der Waals surface area contributed by atoms with Crippen molar-refractivity contribution in [2.75, 3.05) is 12.8 Å². The maximum Gasteiger partial charge on any atom is 0.262 e. The smallest absolute Gasteiger partial charge is 0.262 e. The van der Waals surface area contributed by atoms with Crippen molar-refractivity contribution in [3.8, 4) is 5.69 Å². The van der Waals surface area contributed by atoms with Crippen LogP contribution in [0.25, 0.3) is 5.69 Å². The maximum atomic E-state index is 12.4. The lowest BCUT2D eigenvalue weighted by molar-refractivity contribution is 0.0878. The zero-order valence-electron chi connectivity index (χ0n) is 12.3. The molecule has 0 atom stereocenters. The van der Waals surface area contributed by atoms with Crippen molar-refractivity contribution in [1.29, 1.82) is 0 Å². The first-order chi connectivity index (χ1) is 11.3. The van der Waals surface area contributed by atoms with Crippen LogP contribution in [0.2, 0.25) is 5.02 Å². The minimum atomic E-state index is -0.695. The largest absolute Gasteiger partial charge is 0.384 e. The number of nitrogens with zero attached hydrogens (tertiary/aromatic N) is 1. The molecule has 4 N–H and O–H groups in total. The zero-order chi connectivity index (χ0) is 17.6. The predicted molar refractivity (Wildman–Crippen MR) is 86.6 cm³/mol. The summed E-state index contributed by atoms with van der Waals surface area (Å²) in [5.74, 6) is -1.98. The van der Waals surface area contributed by atoms with E-state index < -0.39 is 17.4 Å². The minimum Gasteiger partial charge on any atom is -0.384 e. The molecule has 0 fully saturated rings. The number of amides is 3. The van der Waals surface area contributed by atoms with Crippen molar-refractivity contribution < 1.29 is 14.4 Å². The third-order valence-corrected chi connectivity index (χ3v) is 3.95. The monoisotopic (exact) mass is 346 g/mol. The van der Waals surface area contributed by atoms with Gasteiger partial charge in [-0.2, -0.15) is 0 Å².